The van der Waals surface area contributed by atoms with E-state index in [2.05, 4.69) is 88.4 Å². The highest BCUT2D eigenvalue weighted by molar-refractivity contribution is 6.29. The second-order valence-electron chi connectivity index (χ2n) is 10.9. The van der Waals surface area contributed by atoms with E-state index in [1.807, 2.05) is 24.3 Å². The predicted molar refractivity (Wildman–Crippen MR) is 160 cm³/mol. The molecule has 6 aromatic rings. The van der Waals surface area contributed by atoms with Gasteiger partial charge in [-0.05, 0) is 89.7 Å². The SMILES string of the molecule is CC(C)c1cc(-c2ccc(C=O)cc2)c2ccc3c(C(C)C)cc(-c4ccc(C=O)cc4)c4ccc1c2c43. The minimum atomic E-state index is 0.354. The van der Waals surface area contributed by atoms with Crippen molar-refractivity contribution in [2.24, 2.45) is 0 Å². The van der Waals surface area contributed by atoms with E-state index in [1.54, 1.807) is 0 Å². The average Bonchev–Trinajstić information content (AvgIpc) is 2.95. The zero-order chi connectivity index (χ0) is 26.6. The summed E-state index contributed by atoms with van der Waals surface area (Å²) in [4.78, 5) is 22.6. The molecule has 0 aromatic heterocycles. The highest BCUT2D eigenvalue weighted by atomic mass is 16.1. The van der Waals surface area contributed by atoms with Gasteiger partial charge in [-0.25, -0.2) is 0 Å². The summed E-state index contributed by atoms with van der Waals surface area (Å²) in [5.74, 6) is 0.708. The molecule has 0 N–H and O–H groups in total. The van der Waals surface area contributed by atoms with Gasteiger partial charge in [0.15, 0.2) is 0 Å². The Bertz CT molecular complexity index is 1680. The Labute approximate surface area is 223 Å². The van der Waals surface area contributed by atoms with Crippen LogP contribution in [0.1, 0.15) is 71.4 Å². The van der Waals surface area contributed by atoms with E-state index >= 15 is 0 Å². The maximum absolute atomic E-state index is 11.3. The second-order valence-corrected chi connectivity index (χ2v) is 10.9. The highest BCUT2D eigenvalue weighted by Gasteiger charge is 2.21. The first-order chi connectivity index (χ1) is 18.4. The fraction of sp³-hybridized carbons (Fsp3) is 0.167. The topological polar surface area (TPSA) is 34.1 Å². The standard InChI is InChI=1S/C36H30O2/c1-21(2)31-17-33(25-9-5-23(19-37)6-10-25)29-16-14-28-32(22(3)4)18-34(26-11-7-24(20-38)8-12-26)30-15-13-27(31)35(29)36(28)30/h5-22H,1-4H3. The van der Waals surface area contributed by atoms with Gasteiger partial charge in [-0.2, -0.15) is 0 Å². The third-order valence-corrected chi connectivity index (χ3v) is 7.92. The normalized spacial score (nSPS) is 11.8. The van der Waals surface area contributed by atoms with Crippen molar-refractivity contribution >= 4 is 44.9 Å². The Morgan fingerprint density at radius 1 is 0.474 bits per heavy atom. The van der Waals surface area contributed by atoms with Gasteiger partial charge in [-0.15, -0.1) is 0 Å². The lowest BCUT2D eigenvalue weighted by molar-refractivity contribution is 0.111. The minimum absolute atomic E-state index is 0.354. The van der Waals surface area contributed by atoms with Crippen molar-refractivity contribution in [2.75, 3.05) is 0 Å². The van der Waals surface area contributed by atoms with E-state index in [-0.39, 0.29) is 0 Å². The van der Waals surface area contributed by atoms with Crippen molar-refractivity contribution < 1.29 is 9.59 Å². The Morgan fingerprint density at radius 3 is 1.13 bits per heavy atom. The molecule has 0 radical (unpaired) electrons. The van der Waals surface area contributed by atoms with Crippen LogP contribution in [-0.2, 0) is 0 Å². The molecule has 0 aliphatic rings. The number of aldehydes is 2. The molecule has 6 aromatic carbocycles. The first-order valence-corrected chi connectivity index (χ1v) is 13.3. The van der Waals surface area contributed by atoms with Gasteiger partial charge in [0.2, 0.25) is 0 Å². The molecule has 0 saturated carbocycles. The summed E-state index contributed by atoms with van der Waals surface area (Å²) in [6, 6.07) is 29.6. The van der Waals surface area contributed by atoms with Crippen LogP contribution in [0.4, 0.5) is 0 Å². The monoisotopic (exact) mass is 494 g/mol. The molecule has 0 heterocycles. The molecule has 38 heavy (non-hydrogen) atoms. The average molecular weight is 495 g/mol. The van der Waals surface area contributed by atoms with Gasteiger partial charge in [-0.3, -0.25) is 9.59 Å². The second kappa shape index (κ2) is 9.22. The first kappa shape index (κ1) is 24.1. The molecule has 0 aliphatic heterocycles. The van der Waals surface area contributed by atoms with E-state index in [4.69, 9.17) is 0 Å². The number of rotatable bonds is 6. The lowest BCUT2D eigenvalue weighted by Crippen LogP contribution is -1.98. The molecule has 0 unspecified atom stereocenters. The largest absolute Gasteiger partial charge is 0.298 e. The molecular weight excluding hydrogens is 464 g/mol. The molecule has 0 aliphatic carbocycles. The Kier molecular flexibility index (Phi) is 5.84. The van der Waals surface area contributed by atoms with Crippen molar-refractivity contribution in [3.8, 4) is 22.3 Å². The van der Waals surface area contributed by atoms with Crippen molar-refractivity contribution in [1.82, 2.24) is 0 Å². The molecule has 0 fully saturated rings. The van der Waals surface area contributed by atoms with E-state index in [0.29, 0.717) is 23.0 Å². The van der Waals surface area contributed by atoms with Crippen LogP contribution in [0.3, 0.4) is 0 Å². The maximum Gasteiger partial charge on any atom is 0.150 e. The van der Waals surface area contributed by atoms with Gasteiger partial charge in [0, 0.05) is 11.1 Å². The van der Waals surface area contributed by atoms with Crippen molar-refractivity contribution in [3.05, 3.63) is 107 Å². The van der Waals surface area contributed by atoms with Crippen molar-refractivity contribution in [2.45, 2.75) is 39.5 Å². The Hall–Kier alpha value is -4.30. The van der Waals surface area contributed by atoms with Gasteiger partial charge in [-0.1, -0.05) is 100 Å². The van der Waals surface area contributed by atoms with Crippen LogP contribution >= 0.6 is 0 Å². The van der Waals surface area contributed by atoms with E-state index in [0.717, 1.165) is 23.7 Å². The number of hydrogen-bond donors (Lipinski definition) is 0. The molecule has 0 saturated heterocycles. The summed E-state index contributed by atoms with van der Waals surface area (Å²) < 4.78 is 0. The quantitative estimate of drug-likeness (QED) is 0.171. The first-order valence-electron chi connectivity index (χ1n) is 13.3. The molecular formula is C36H30O2. The highest BCUT2D eigenvalue weighted by Crippen LogP contribution is 2.46. The van der Waals surface area contributed by atoms with E-state index in [9.17, 15) is 9.59 Å². The number of hydrogen-bond acceptors (Lipinski definition) is 2. The van der Waals surface area contributed by atoms with Gasteiger partial charge >= 0.3 is 0 Å². The number of carbonyl (C=O) groups is 2. The third kappa shape index (κ3) is 3.71. The molecule has 6 rings (SSSR count). The lowest BCUT2D eigenvalue weighted by atomic mass is 9.81. The zero-order valence-electron chi connectivity index (χ0n) is 22.2. The van der Waals surface area contributed by atoms with Gasteiger partial charge in [0.25, 0.3) is 0 Å². The van der Waals surface area contributed by atoms with Crippen LogP contribution in [0.2, 0.25) is 0 Å². The molecule has 0 spiro atoms. The molecule has 0 bridgehead atoms. The fourth-order valence-corrected chi connectivity index (χ4v) is 5.96. The van der Waals surface area contributed by atoms with Crippen LogP contribution < -0.4 is 0 Å². The fourth-order valence-electron chi connectivity index (χ4n) is 5.96. The molecule has 0 amide bonds. The molecule has 186 valence electrons. The van der Waals surface area contributed by atoms with Crippen LogP contribution in [0.15, 0.2) is 84.9 Å². The smallest absolute Gasteiger partial charge is 0.150 e. The van der Waals surface area contributed by atoms with Gasteiger partial charge in [0.1, 0.15) is 12.6 Å². The van der Waals surface area contributed by atoms with Crippen LogP contribution in [-0.4, -0.2) is 12.6 Å². The summed E-state index contributed by atoms with van der Waals surface area (Å²) in [5.41, 5.74) is 8.64. The third-order valence-electron chi connectivity index (χ3n) is 7.92. The zero-order valence-corrected chi connectivity index (χ0v) is 22.2. The van der Waals surface area contributed by atoms with Crippen molar-refractivity contribution in [1.29, 1.82) is 0 Å². The predicted octanol–water partition coefficient (Wildman–Crippen LogP) is 9.79. The Morgan fingerprint density at radius 2 is 0.816 bits per heavy atom. The molecule has 2 nitrogen and oxygen atoms in total. The number of carbonyl (C=O) groups excluding carboxylic acids is 2. The summed E-state index contributed by atoms with van der Waals surface area (Å²) in [7, 11) is 0. The summed E-state index contributed by atoms with van der Waals surface area (Å²) in [5, 5.41) is 7.64. The minimum Gasteiger partial charge on any atom is -0.298 e. The van der Waals surface area contributed by atoms with Gasteiger partial charge < -0.3 is 0 Å². The summed E-state index contributed by atoms with van der Waals surface area (Å²) >= 11 is 0. The van der Waals surface area contributed by atoms with Crippen LogP contribution in [0, 0.1) is 0 Å². The lowest BCUT2D eigenvalue weighted by Gasteiger charge is -2.23. The maximum atomic E-state index is 11.3. The van der Waals surface area contributed by atoms with E-state index < -0.39 is 0 Å². The molecule has 0 atom stereocenters. The summed E-state index contributed by atoms with van der Waals surface area (Å²) in [6.07, 6.45) is 1.79. The molecule has 2 heteroatoms. The van der Waals surface area contributed by atoms with Crippen LogP contribution in [0.5, 0.6) is 0 Å². The van der Waals surface area contributed by atoms with Crippen molar-refractivity contribution in [3.63, 3.8) is 0 Å². The van der Waals surface area contributed by atoms with Crippen LogP contribution in [0.25, 0.3) is 54.6 Å². The number of benzene rings is 6. The Balaban J connectivity index is 1.78. The van der Waals surface area contributed by atoms with Gasteiger partial charge in [0.05, 0.1) is 0 Å². The van der Waals surface area contributed by atoms with E-state index in [1.165, 1.54) is 54.6 Å². The summed E-state index contributed by atoms with van der Waals surface area (Å²) in [6.45, 7) is 9.02.